The van der Waals surface area contributed by atoms with Gasteiger partial charge in [-0.05, 0) is 39.3 Å². The molecular weight excluding hydrogens is 472 g/mol. The molecule has 1 aromatic carbocycles. The molecule has 1 amide bonds. The molecule has 0 radical (unpaired) electrons. The second-order valence-electron chi connectivity index (χ2n) is 9.17. The maximum absolute atomic E-state index is 12.4. The number of aromatic nitrogens is 4. The van der Waals surface area contributed by atoms with Crippen LogP contribution in [0.2, 0.25) is 0 Å². The van der Waals surface area contributed by atoms with Crippen LogP contribution in [-0.2, 0) is 4.74 Å². The van der Waals surface area contributed by atoms with Gasteiger partial charge in [0.05, 0.1) is 18.1 Å². The maximum atomic E-state index is 12.4. The van der Waals surface area contributed by atoms with Crippen molar-refractivity contribution in [2.24, 2.45) is 0 Å². The standard InChI is InChI=1S/C24H27F2N7O3/c1-24(2,3)36-23(34)33-8-7-17(14-33)30-20-13-27-12-19(32-20)15-10-28-22(29-11-15)31-16-5-4-6-18(9-16)35-21(25)26/h4-6,9-13,17,21H,7-8,14H2,1-3H3,(H,30,32)(H,28,29,31)/t17-/m0/s1. The van der Waals surface area contributed by atoms with Crippen molar-refractivity contribution in [3.8, 4) is 17.0 Å². The lowest BCUT2D eigenvalue weighted by atomic mass is 10.2. The van der Waals surface area contributed by atoms with Gasteiger partial charge in [-0.1, -0.05) is 6.07 Å². The molecule has 4 rings (SSSR count). The molecular formula is C24H27F2N7O3. The van der Waals surface area contributed by atoms with Crippen LogP contribution in [0.15, 0.2) is 49.1 Å². The van der Waals surface area contributed by atoms with E-state index < -0.39 is 12.2 Å². The number of halogens is 2. The van der Waals surface area contributed by atoms with Crippen molar-refractivity contribution < 1.29 is 23.0 Å². The number of likely N-dealkylation sites (tertiary alicyclic amines) is 1. The van der Waals surface area contributed by atoms with E-state index in [2.05, 4.69) is 35.3 Å². The Labute approximate surface area is 207 Å². The number of hydrogen-bond acceptors (Lipinski definition) is 9. The summed E-state index contributed by atoms with van der Waals surface area (Å²) in [6.45, 7) is 3.72. The van der Waals surface area contributed by atoms with Crippen molar-refractivity contribution in [2.75, 3.05) is 23.7 Å². The normalized spacial score (nSPS) is 15.6. The van der Waals surface area contributed by atoms with E-state index in [1.54, 1.807) is 41.8 Å². The van der Waals surface area contributed by atoms with Crippen LogP contribution < -0.4 is 15.4 Å². The Morgan fingerprint density at radius 3 is 2.67 bits per heavy atom. The molecule has 2 aromatic heterocycles. The van der Waals surface area contributed by atoms with E-state index >= 15 is 0 Å². The molecule has 1 saturated heterocycles. The third-order valence-corrected chi connectivity index (χ3v) is 5.09. The highest BCUT2D eigenvalue weighted by molar-refractivity contribution is 5.68. The van der Waals surface area contributed by atoms with E-state index in [4.69, 9.17) is 4.74 Å². The topological polar surface area (TPSA) is 114 Å². The number of carbonyl (C=O) groups is 1. The van der Waals surface area contributed by atoms with Gasteiger partial charge in [-0.3, -0.25) is 4.98 Å². The van der Waals surface area contributed by atoms with E-state index in [-0.39, 0.29) is 23.8 Å². The van der Waals surface area contributed by atoms with Crippen molar-refractivity contribution in [1.82, 2.24) is 24.8 Å². The van der Waals surface area contributed by atoms with Crippen LogP contribution in [-0.4, -0.2) is 62.3 Å². The maximum Gasteiger partial charge on any atom is 0.410 e. The van der Waals surface area contributed by atoms with Crippen LogP contribution in [0.3, 0.4) is 0 Å². The van der Waals surface area contributed by atoms with Gasteiger partial charge >= 0.3 is 12.7 Å². The van der Waals surface area contributed by atoms with Gasteiger partial charge in [0.2, 0.25) is 5.95 Å². The SMILES string of the molecule is CC(C)(C)OC(=O)N1CC[C@H](Nc2cncc(-c3cnc(Nc4cccc(OC(F)F)c4)nc3)n2)C1. The van der Waals surface area contributed by atoms with Gasteiger partial charge in [-0.25, -0.2) is 19.7 Å². The van der Waals surface area contributed by atoms with E-state index in [9.17, 15) is 13.6 Å². The van der Waals surface area contributed by atoms with E-state index in [0.717, 1.165) is 6.42 Å². The minimum absolute atomic E-state index is 0.0229. The minimum Gasteiger partial charge on any atom is -0.444 e. The highest BCUT2D eigenvalue weighted by Crippen LogP contribution is 2.23. The van der Waals surface area contributed by atoms with Gasteiger partial charge in [-0.15, -0.1) is 0 Å². The number of nitrogens with one attached hydrogen (secondary N) is 2. The summed E-state index contributed by atoms with van der Waals surface area (Å²) in [6, 6.07) is 6.15. The molecule has 1 aliphatic rings. The zero-order valence-corrected chi connectivity index (χ0v) is 20.1. The van der Waals surface area contributed by atoms with Crippen LogP contribution in [0, 0.1) is 0 Å². The first-order chi connectivity index (χ1) is 17.1. The number of carbonyl (C=O) groups excluding carboxylic acids is 1. The molecule has 0 aliphatic carbocycles. The molecule has 1 atom stereocenters. The van der Waals surface area contributed by atoms with Gasteiger partial charge in [0.1, 0.15) is 17.2 Å². The summed E-state index contributed by atoms with van der Waals surface area (Å²) >= 11 is 0. The number of ether oxygens (including phenoxy) is 2. The monoisotopic (exact) mass is 499 g/mol. The average molecular weight is 500 g/mol. The fourth-order valence-electron chi connectivity index (χ4n) is 3.56. The summed E-state index contributed by atoms with van der Waals surface area (Å²) < 4.78 is 34.7. The molecule has 36 heavy (non-hydrogen) atoms. The summed E-state index contributed by atoms with van der Waals surface area (Å²) in [5, 5.41) is 6.27. The van der Waals surface area contributed by atoms with E-state index in [1.165, 1.54) is 12.1 Å². The van der Waals surface area contributed by atoms with Crippen LogP contribution in [0.1, 0.15) is 27.2 Å². The Balaban J connectivity index is 1.36. The van der Waals surface area contributed by atoms with E-state index in [0.29, 0.717) is 35.9 Å². The Kier molecular flexibility index (Phi) is 7.41. The van der Waals surface area contributed by atoms with Crippen LogP contribution in [0.25, 0.3) is 11.3 Å². The number of hydrogen-bond donors (Lipinski definition) is 2. The number of rotatable bonds is 7. The summed E-state index contributed by atoms with van der Waals surface area (Å²) in [5.74, 6) is 0.882. The first-order valence-electron chi connectivity index (χ1n) is 11.4. The molecule has 10 nitrogen and oxygen atoms in total. The quantitative estimate of drug-likeness (QED) is 0.477. The van der Waals surface area contributed by atoms with Crippen LogP contribution in [0.5, 0.6) is 5.75 Å². The van der Waals surface area contributed by atoms with Gasteiger partial charge in [-0.2, -0.15) is 8.78 Å². The summed E-state index contributed by atoms with van der Waals surface area (Å²) in [4.78, 5) is 31.4. The molecule has 0 bridgehead atoms. The summed E-state index contributed by atoms with van der Waals surface area (Å²) in [7, 11) is 0. The number of amides is 1. The third-order valence-electron chi connectivity index (χ3n) is 5.09. The highest BCUT2D eigenvalue weighted by atomic mass is 19.3. The molecule has 190 valence electrons. The second kappa shape index (κ2) is 10.7. The number of benzene rings is 1. The molecule has 1 aliphatic heterocycles. The molecule has 12 heteroatoms. The van der Waals surface area contributed by atoms with Crippen molar-refractivity contribution >= 4 is 23.5 Å². The Bertz CT molecular complexity index is 1190. The molecule has 3 aromatic rings. The van der Waals surface area contributed by atoms with Gasteiger partial charge in [0.25, 0.3) is 0 Å². The van der Waals surface area contributed by atoms with E-state index in [1.807, 2.05) is 20.8 Å². The Hall–Kier alpha value is -4.09. The fourth-order valence-corrected chi connectivity index (χ4v) is 3.56. The van der Waals surface area contributed by atoms with Crippen LogP contribution >= 0.6 is 0 Å². The second-order valence-corrected chi connectivity index (χ2v) is 9.17. The molecule has 3 heterocycles. The number of anilines is 3. The zero-order valence-electron chi connectivity index (χ0n) is 20.1. The molecule has 0 unspecified atom stereocenters. The van der Waals surface area contributed by atoms with Crippen molar-refractivity contribution in [3.63, 3.8) is 0 Å². The predicted molar refractivity (Wildman–Crippen MR) is 129 cm³/mol. The smallest absolute Gasteiger partial charge is 0.410 e. The summed E-state index contributed by atoms with van der Waals surface area (Å²) in [6.07, 6.45) is 6.82. The first-order valence-corrected chi connectivity index (χ1v) is 11.4. The van der Waals surface area contributed by atoms with Gasteiger partial charge in [0, 0.05) is 48.8 Å². The largest absolute Gasteiger partial charge is 0.444 e. The van der Waals surface area contributed by atoms with Crippen LogP contribution in [0.4, 0.5) is 31.0 Å². The summed E-state index contributed by atoms with van der Waals surface area (Å²) in [5.41, 5.74) is 1.18. The predicted octanol–water partition coefficient (Wildman–Crippen LogP) is 4.70. The first kappa shape index (κ1) is 25.0. The van der Waals surface area contributed by atoms with Gasteiger partial charge < -0.3 is 25.0 Å². The molecule has 0 spiro atoms. The molecule has 2 N–H and O–H groups in total. The third kappa shape index (κ3) is 6.96. The number of alkyl halides is 2. The number of nitrogens with zero attached hydrogens (tertiary/aromatic N) is 5. The van der Waals surface area contributed by atoms with Crippen molar-refractivity contribution in [2.45, 2.75) is 45.4 Å². The van der Waals surface area contributed by atoms with Crippen molar-refractivity contribution in [3.05, 3.63) is 49.1 Å². The minimum atomic E-state index is -2.90. The highest BCUT2D eigenvalue weighted by Gasteiger charge is 2.30. The van der Waals surface area contributed by atoms with Gasteiger partial charge in [0.15, 0.2) is 0 Å². The Morgan fingerprint density at radius 1 is 1.17 bits per heavy atom. The average Bonchev–Trinajstić information content (AvgIpc) is 3.27. The zero-order chi connectivity index (χ0) is 25.7. The fraction of sp³-hybridized carbons (Fsp3) is 0.375. The lowest BCUT2D eigenvalue weighted by Gasteiger charge is -2.24. The lowest BCUT2D eigenvalue weighted by Crippen LogP contribution is -2.36. The van der Waals surface area contributed by atoms with Crippen molar-refractivity contribution in [1.29, 1.82) is 0 Å². The Morgan fingerprint density at radius 2 is 1.94 bits per heavy atom. The molecule has 0 saturated carbocycles. The molecule has 1 fully saturated rings. The lowest BCUT2D eigenvalue weighted by molar-refractivity contribution is -0.0498.